The number of amides is 3. The SMILES string of the molecule is CCCNC(=O)N[C@H]1CC[C@H](CC(=O)N2CCN(C)CC2)O[C@@H]1CO. The van der Waals surface area contributed by atoms with E-state index in [1.54, 1.807) is 0 Å². The van der Waals surface area contributed by atoms with E-state index in [-0.39, 0.29) is 30.7 Å². The standard InChI is InChI=1S/C17H32N4O4/c1-3-6-18-17(24)19-14-5-4-13(25-15(14)12-22)11-16(23)21-9-7-20(2)8-10-21/h13-15,22H,3-12H2,1-2H3,(H2,18,19,24)/t13-,14+,15-/m1/s1. The van der Waals surface area contributed by atoms with Crippen LogP contribution in [0.3, 0.4) is 0 Å². The number of likely N-dealkylation sites (N-methyl/N-ethyl adjacent to an activating group) is 1. The number of hydrogen-bond donors (Lipinski definition) is 3. The Bertz CT molecular complexity index is 440. The molecule has 8 heteroatoms. The van der Waals surface area contributed by atoms with E-state index in [0.717, 1.165) is 32.6 Å². The Morgan fingerprint density at radius 3 is 2.56 bits per heavy atom. The summed E-state index contributed by atoms with van der Waals surface area (Å²) in [5.41, 5.74) is 0. The molecule has 2 saturated heterocycles. The third-order valence-electron chi connectivity index (χ3n) is 4.91. The van der Waals surface area contributed by atoms with Crippen molar-refractivity contribution < 1.29 is 19.4 Å². The maximum Gasteiger partial charge on any atom is 0.315 e. The van der Waals surface area contributed by atoms with E-state index in [0.29, 0.717) is 25.8 Å². The van der Waals surface area contributed by atoms with Crippen LogP contribution in [0.2, 0.25) is 0 Å². The number of rotatable bonds is 6. The average Bonchev–Trinajstić information content (AvgIpc) is 2.61. The zero-order valence-electron chi connectivity index (χ0n) is 15.4. The molecule has 0 spiro atoms. The second-order valence-corrected chi connectivity index (χ2v) is 6.95. The fraction of sp³-hybridized carbons (Fsp3) is 0.882. The quantitative estimate of drug-likeness (QED) is 0.611. The molecule has 0 unspecified atom stereocenters. The summed E-state index contributed by atoms with van der Waals surface area (Å²) in [5, 5.41) is 15.2. The highest BCUT2D eigenvalue weighted by atomic mass is 16.5. The van der Waals surface area contributed by atoms with Crippen molar-refractivity contribution in [2.75, 3.05) is 46.4 Å². The van der Waals surface area contributed by atoms with Gasteiger partial charge in [0.05, 0.1) is 25.2 Å². The van der Waals surface area contributed by atoms with Gasteiger partial charge in [-0.05, 0) is 26.3 Å². The predicted molar refractivity (Wildman–Crippen MR) is 94.3 cm³/mol. The molecule has 2 aliphatic rings. The molecular formula is C17H32N4O4. The molecule has 0 aromatic rings. The maximum absolute atomic E-state index is 12.4. The second kappa shape index (κ2) is 9.94. The van der Waals surface area contributed by atoms with Crippen molar-refractivity contribution >= 4 is 11.9 Å². The van der Waals surface area contributed by atoms with E-state index in [4.69, 9.17) is 4.74 Å². The lowest BCUT2D eigenvalue weighted by atomic mass is 9.97. The summed E-state index contributed by atoms with van der Waals surface area (Å²) in [6, 6.07) is -0.460. The second-order valence-electron chi connectivity index (χ2n) is 6.95. The van der Waals surface area contributed by atoms with Gasteiger partial charge in [0.2, 0.25) is 5.91 Å². The van der Waals surface area contributed by atoms with Gasteiger partial charge in [-0.3, -0.25) is 4.79 Å². The number of aliphatic hydroxyl groups excluding tert-OH is 1. The van der Waals surface area contributed by atoms with Gasteiger partial charge in [0.1, 0.15) is 6.10 Å². The van der Waals surface area contributed by atoms with E-state index in [9.17, 15) is 14.7 Å². The van der Waals surface area contributed by atoms with E-state index >= 15 is 0 Å². The Hall–Kier alpha value is -1.38. The number of nitrogens with zero attached hydrogens (tertiary/aromatic N) is 2. The highest BCUT2D eigenvalue weighted by Gasteiger charge is 2.33. The third kappa shape index (κ3) is 6.13. The number of hydrogen-bond acceptors (Lipinski definition) is 5. The summed E-state index contributed by atoms with van der Waals surface area (Å²) in [4.78, 5) is 28.3. The van der Waals surface area contributed by atoms with Gasteiger partial charge in [-0.15, -0.1) is 0 Å². The Morgan fingerprint density at radius 2 is 1.92 bits per heavy atom. The monoisotopic (exact) mass is 356 g/mol. The molecule has 2 aliphatic heterocycles. The van der Waals surface area contributed by atoms with E-state index < -0.39 is 6.10 Å². The van der Waals surface area contributed by atoms with Crippen molar-refractivity contribution in [3.63, 3.8) is 0 Å². The molecule has 0 aliphatic carbocycles. The van der Waals surface area contributed by atoms with Crippen LogP contribution in [0.1, 0.15) is 32.6 Å². The van der Waals surface area contributed by atoms with Crippen molar-refractivity contribution in [3.8, 4) is 0 Å². The van der Waals surface area contributed by atoms with Gasteiger partial charge in [0.15, 0.2) is 0 Å². The summed E-state index contributed by atoms with van der Waals surface area (Å²) >= 11 is 0. The molecule has 25 heavy (non-hydrogen) atoms. The van der Waals surface area contributed by atoms with Gasteiger partial charge in [0.25, 0.3) is 0 Å². The van der Waals surface area contributed by atoms with Crippen LogP contribution < -0.4 is 10.6 Å². The van der Waals surface area contributed by atoms with Crippen molar-refractivity contribution in [3.05, 3.63) is 0 Å². The lowest BCUT2D eigenvalue weighted by molar-refractivity contribution is -0.141. The minimum absolute atomic E-state index is 0.113. The molecule has 0 radical (unpaired) electrons. The molecule has 0 saturated carbocycles. The predicted octanol–water partition coefficient (Wildman–Crippen LogP) is -0.232. The van der Waals surface area contributed by atoms with Crippen LogP contribution in [-0.2, 0) is 9.53 Å². The van der Waals surface area contributed by atoms with Gasteiger partial charge >= 0.3 is 6.03 Å². The molecule has 2 fully saturated rings. The number of ether oxygens (including phenoxy) is 1. The van der Waals surface area contributed by atoms with E-state index in [1.807, 2.05) is 11.8 Å². The molecule has 3 N–H and O–H groups in total. The lowest BCUT2D eigenvalue weighted by Crippen LogP contribution is -2.54. The molecule has 0 aromatic carbocycles. The molecule has 2 rings (SSSR count). The summed E-state index contributed by atoms with van der Waals surface area (Å²) in [5.74, 6) is 0.113. The van der Waals surface area contributed by atoms with Crippen LogP contribution in [0.25, 0.3) is 0 Å². The van der Waals surface area contributed by atoms with Gasteiger partial charge in [0, 0.05) is 32.7 Å². The summed E-state index contributed by atoms with van der Waals surface area (Å²) < 4.78 is 5.89. The van der Waals surface area contributed by atoms with Gasteiger partial charge < -0.3 is 30.3 Å². The highest BCUT2D eigenvalue weighted by molar-refractivity contribution is 5.77. The van der Waals surface area contributed by atoms with Crippen molar-refractivity contribution in [2.24, 2.45) is 0 Å². The van der Waals surface area contributed by atoms with Crippen molar-refractivity contribution in [2.45, 2.75) is 50.9 Å². The van der Waals surface area contributed by atoms with Gasteiger partial charge in [-0.25, -0.2) is 4.79 Å². The zero-order chi connectivity index (χ0) is 18.2. The fourth-order valence-corrected chi connectivity index (χ4v) is 3.28. The molecule has 3 amide bonds. The topological polar surface area (TPSA) is 94.1 Å². The Labute approximate surface area is 149 Å². The van der Waals surface area contributed by atoms with Crippen LogP contribution in [0.5, 0.6) is 0 Å². The number of carbonyl (C=O) groups is 2. The zero-order valence-corrected chi connectivity index (χ0v) is 15.4. The number of carbonyl (C=O) groups excluding carboxylic acids is 2. The lowest BCUT2D eigenvalue weighted by Gasteiger charge is -2.37. The van der Waals surface area contributed by atoms with Crippen molar-refractivity contribution in [1.29, 1.82) is 0 Å². The summed E-state index contributed by atoms with van der Waals surface area (Å²) in [6.45, 7) is 5.75. The Balaban J connectivity index is 1.78. The fourth-order valence-electron chi connectivity index (χ4n) is 3.28. The largest absolute Gasteiger partial charge is 0.394 e. The molecule has 2 heterocycles. The van der Waals surface area contributed by atoms with Crippen LogP contribution in [0, 0.1) is 0 Å². The van der Waals surface area contributed by atoms with Gasteiger partial charge in [-0.2, -0.15) is 0 Å². The van der Waals surface area contributed by atoms with Crippen LogP contribution in [-0.4, -0.2) is 91.5 Å². The maximum atomic E-state index is 12.4. The van der Waals surface area contributed by atoms with E-state index in [2.05, 4.69) is 22.6 Å². The highest BCUT2D eigenvalue weighted by Crippen LogP contribution is 2.22. The average molecular weight is 356 g/mol. The first-order valence-corrected chi connectivity index (χ1v) is 9.30. The molecule has 0 aromatic heterocycles. The molecule has 8 nitrogen and oxygen atoms in total. The van der Waals surface area contributed by atoms with Crippen molar-refractivity contribution in [1.82, 2.24) is 20.4 Å². The first kappa shape index (κ1) is 19.9. The smallest absolute Gasteiger partial charge is 0.315 e. The molecule has 144 valence electrons. The van der Waals surface area contributed by atoms with Crippen LogP contribution in [0.4, 0.5) is 4.79 Å². The van der Waals surface area contributed by atoms with E-state index in [1.165, 1.54) is 0 Å². The van der Waals surface area contributed by atoms with Crippen LogP contribution >= 0.6 is 0 Å². The molecular weight excluding hydrogens is 324 g/mol. The first-order chi connectivity index (χ1) is 12.0. The minimum Gasteiger partial charge on any atom is -0.394 e. The number of aliphatic hydroxyl groups is 1. The molecule has 0 bridgehead atoms. The number of urea groups is 1. The van der Waals surface area contributed by atoms with Crippen LogP contribution in [0.15, 0.2) is 0 Å². The summed E-state index contributed by atoms with van der Waals surface area (Å²) in [6.07, 6.45) is 1.95. The molecule has 3 atom stereocenters. The Kier molecular flexibility index (Phi) is 7.92. The summed E-state index contributed by atoms with van der Waals surface area (Å²) in [7, 11) is 2.06. The first-order valence-electron chi connectivity index (χ1n) is 9.30. The third-order valence-corrected chi connectivity index (χ3v) is 4.91. The van der Waals surface area contributed by atoms with Gasteiger partial charge in [-0.1, -0.05) is 6.92 Å². The number of nitrogens with one attached hydrogen (secondary N) is 2. The normalized spacial score (nSPS) is 27.8. The Morgan fingerprint density at radius 1 is 1.20 bits per heavy atom. The minimum atomic E-state index is -0.466. The number of piperazine rings is 1.